The highest BCUT2D eigenvalue weighted by molar-refractivity contribution is 7.89. The van der Waals surface area contributed by atoms with E-state index in [0.717, 1.165) is 18.6 Å². The van der Waals surface area contributed by atoms with Gasteiger partial charge in [0.05, 0.1) is 9.82 Å². The van der Waals surface area contributed by atoms with Gasteiger partial charge in [-0.1, -0.05) is 13.8 Å². The lowest BCUT2D eigenvalue weighted by molar-refractivity contribution is -0.386. The van der Waals surface area contributed by atoms with E-state index >= 15 is 0 Å². The fraction of sp³-hybridized carbons (Fsp3) is 0.538. The molecule has 0 bridgehead atoms. The van der Waals surface area contributed by atoms with Crippen LogP contribution in [0.4, 0.5) is 5.69 Å². The van der Waals surface area contributed by atoms with Crippen molar-refractivity contribution < 1.29 is 18.4 Å². The van der Waals surface area contributed by atoms with Crippen LogP contribution in [0, 0.1) is 22.0 Å². The zero-order chi connectivity index (χ0) is 15.8. The lowest BCUT2D eigenvalue weighted by Gasteiger charge is -2.18. The molecular weight excluding hydrogens is 296 g/mol. The molecule has 1 aliphatic heterocycles. The Morgan fingerprint density at radius 3 is 2.62 bits per heavy atom. The molecule has 1 saturated heterocycles. The summed E-state index contributed by atoms with van der Waals surface area (Å²) in [7, 11) is -3.76. The summed E-state index contributed by atoms with van der Waals surface area (Å²) in [5.41, 5.74) is -0.601. The smallest absolute Gasteiger partial charge is 0.312 e. The highest BCUT2D eigenvalue weighted by Crippen LogP contribution is 2.32. The molecule has 0 aromatic heterocycles. The van der Waals surface area contributed by atoms with Crippen molar-refractivity contribution in [2.24, 2.45) is 11.8 Å². The molecule has 8 heteroatoms. The number of phenolic OH excluding ortho intramolecular Hbond substituents is 1. The van der Waals surface area contributed by atoms with Crippen LogP contribution in [0.25, 0.3) is 0 Å². The van der Waals surface area contributed by atoms with Gasteiger partial charge >= 0.3 is 5.69 Å². The first-order chi connectivity index (χ1) is 9.73. The minimum Gasteiger partial charge on any atom is -0.502 e. The van der Waals surface area contributed by atoms with Crippen molar-refractivity contribution in [2.75, 3.05) is 13.1 Å². The molecule has 1 aromatic rings. The summed E-state index contributed by atoms with van der Waals surface area (Å²) in [5.74, 6) is 0.145. The summed E-state index contributed by atoms with van der Waals surface area (Å²) in [6.07, 6.45) is 0.789. The molecule has 116 valence electrons. The molecule has 1 fully saturated rings. The van der Waals surface area contributed by atoms with E-state index < -0.39 is 26.4 Å². The van der Waals surface area contributed by atoms with Gasteiger partial charge in [0.15, 0.2) is 5.75 Å². The van der Waals surface area contributed by atoms with Gasteiger partial charge < -0.3 is 5.11 Å². The van der Waals surface area contributed by atoms with Gasteiger partial charge in [0.2, 0.25) is 10.0 Å². The maximum Gasteiger partial charge on any atom is 0.312 e. The van der Waals surface area contributed by atoms with Crippen molar-refractivity contribution in [3.63, 3.8) is 0 Å². The van der Waals surface area contributed by atoms with Gasteiger partial charge in [0.25, 0.3) is 0 Å². The molecule has 0 aliphatic carbocycles. The second-order valence-corrected chi connectivity index (χ2v) is 7.50. The summed E-state index contributed by atoms with van der Waals surface area (Å²) in [5, 5.41) is 20.2. The molecule has 0 saturated carbocycles. The van der Waals surface area contributed by atoms with Crippen molar-refractivity contribution in [3.8, 4) is 5.75 Å². The molecule has 0 radical (unpaired) electrons. The fourth-order valence-electron chi connectivity index (χ4n) is 2.48. The zero-order valence-corrected chi connectivity index (χ0v) is 12.7. The third kappa shape index (κ3) is 3.01. The Hall–Kier alpha value is -1.67. The van der Waals surface area contributed by atoms with Crippen LogP contribution in [0.1, 0.15) is 20.3 Å². The third-order valence-corrected chi connectivity index (χ3v) is 5.77. The Labute approximate surface area is 123 Å². The number of rotatable bonds is 4. The van der Waals surface area contributed by atoms with E-state index in [4.69, 9.17) is 0 Å². The second-order valence-electron chi connectivity index (χ2n) is 5.56. The normalized spacial score (nSPS) is 20.0. The van der Waals surface area contributed by atoms with Crippen LogP contribution < -0.4 is 0 Å². The van der Waals surface area contributed by atoms with E-state index in [0.29, 0.717) is 24.9 Å². The van der Waals surface area contributed by atoms with Crippen LogP contribution in [0.15, 0.2) is 23.1 Å². The highest BCUT2D eigenvalue weighted by Gasteiger charge is 2.34. The highest BCUT2D eigenvalue weighted by atomic mass is 32.2. The van der Waals surface area contributed by atoms with Crippen LogP contribution >= 0.6 is 0 Å². The fourth-order valence-corrected chi connectivity index (χ4v) is 4.01. The monoisotopic (exact) mass is 314 g/mol. The summed E-state index contributed by atoms with van der Waals surface area (Å²) in [6.45, 7) is 4.94. The van der Waals surface area contributed by atoms with Crippen molar-refractivity contribution >= 4 is 15.7 Å². The standard InChI is InChI=1S/C13H18N2O5S/c1-9(2)10-5-6-14(8-10)21(19,20)11-3-4-13(16)12(7-11)15(17)18/h3-4,7,9-10,16H,5-6,8H2,1-2H3. The summed E-state index contributed by atoms with van der Waals surface area (Å²) >= 11 is 0. The van der Waals surface area contributed by atoms with E-state index in [1.54, 1.807) is 0 Å². The number of nitro groups is 1. The van der Waals surface area contributed by atoms with E-state index in [2.05, 4.69) is 0 Å². The van der Waals surface area contributed by atoms with E-state index in [1.165, 1.54) is 10.4 Å². The minimum atomic E-state index is -3.76. The number of benzene rings is 1. The summed E-state index contributed by atoms with van der Waals surface area (Å²) < 4.78 is 26.4. The van der Waals surface area contributed by atoms with Crippen LogP contribution in [-0.4, -0.2) is 35.8 Å². The first-order valence-electron chi connectivity index (χ1n) is 6.71. The van der Waals surface area contributed by atoms with Crippen molar-refractivity contribution in [2.45, 2.75) is 25.2 Å². The Bertz CT molecular complexity index is 657. The Balaban J connectivity index is 2.33. The maximum absolute atomic E-state index is 12.5. The van der Waals surface area contributed by atoms with Gasteiger partial charge in [-0.25, -0.2) is 8.42 Å². The number of hydrogen-bond acceptors (Lipinski definition) is 5. The largest absolute Gasteiger partial charge is 0.502 e. The summed E-state index contributed by atoms with van der Waals surface area (Å²) in [4.78, 5) is 9.85. The quantitative estimate of drug-likeness (QED) is 0.676. The average molecular weight is 314 g/mol. The number of nitro benzene ring substituents is 1. The molecule has 0 spiro atoms. The Morgan fingerprint density at radius 2 is 2.10 bits per heavy atom. The Morgan fingerprint density at radius 1 is 1.43 bits per heavy atom. The van der Waals surface area contributed by atoms with Crippen LogP contribution in [0.5, 0.6) is 5.75 Å². The van der Waals surface area contributed by atoms with Crippen molar-refractivity contribution in [1.29, 1.82) is 0 Å². The van der Waals surface area contributed by atoms with Gasteiger partial charge in [0.1, 0.15) is 0 Å². The first-order valence-corrected chi connectivity index (χ1v) is 8.15. The molecule has 2 rings (SSSR count). The molecule has 1 N–H and O–H groups in total. The summed E-state index contributed by atoms with van der Waals surface area (Å²) in [6, 6.07) is 3.15. The lowest BCUT2D eigenvalue weighted by Crippen LogP contribution is -2.29. The van der Waals surface area contributed by atoms with Crippen LogP contribution in [0.2, 0.25) is 0 Å². The van der Waals surface area contributed by atoms with Gasteiger partial charge in [0, 0.05) is 19.2 Å². The number of nitrogens with zero attached hydrogens (tertiary/aromatic N) is 2. The van der Waals surface area contributed by atoms with E-state index in [-0.39, 0.29) is 4.90 Å². The predicted octanol–water partition coefficient (Wildman–Crippen LogP) is 1.97. The molecule has 7 nitrogen and oxygen atoms in total. The molecule has 21 heavy (non-hydrogen) atoms. The molecule has 1 aliphatic rings. The second kappa shape index (κ2) is 5.61. The Kier molecular flexibility index (Phi) is 4.20. The van der Waals surface area contributed by atoms with Gasteiger partial charge in [-0.15, -0.1) is 0 Å². The third-order valence-electron chi connectivity index (χ3n) is 3.91. The molecule has 1 atom stereocenters. The van der Waals surface area contributed by atoms with Crippen LogP contribution in [-0.2, 0) is 10.0 Å². The minimum absolute atomic E-state index is 0.156. The van der Waals surface area contributed by atoms with Crippen molar-refractivity contribution in [1.82, 2.24) is 4.31 Å². The SMILES string of the molecule is CC(C)C1CCN(S(=O)(=O)c2ccc(O)c([N+](=O)[O-])c2)C1. The number of phenols is 1. The predicted molar refractivity (Wildman–Crippen MR) is 76.5 cm³/mol. The maximum atomic E-state index is 12.5. The van der Waals surface area contributed by atoms with E-state index in [1.807, 2.05) is 13.8 Å². The number of sulfonamides is 1. The molecule has 1 unspecified atom stereocenters. The molecule has 1 aromatic carbocycles. The molecule has 1 heterocycles. The van der Waals surface area contributed by atoms with Crippen molar-refractivity contribution in [3.05, 3.63) is 28.3 Å². The van der Waals surface area contributed by atoms with Gasteiger partial charge in [-0.05, 0) is 30.4 Å². The van der Waals surface area contributed by atoms with E-state index in [9.17, 15) is 23.6 Å². The van der Waals surface area contributed by atoms with Gasteiger partial charge in [-0.2, -0.15) is 4.31 Å². The number of hydrogen-bond donors (Lipinski definition) is 1. The van der Waals surface area contributed by atoms with Gasteiger partial charge in [-0.3, -0.25) is 10.1 Å². The lowest BCUT2D eigenvalue weighted by atomic mass is 9.96. The van der Waals surface area contributed by atoms with Crippen LogP contribution in [0.3, 0.4) is 0 Å². The zero-order valence-electron chi connectivity index (χ0n) is 11.9. The molecular formula is C13H18N2O5S. The first kappa shape index (κ1) is 15.7. The molecule has 0 amide bonds. The topological polar surface area (TPSA) is 101 Å². The average Bonchev–Trinajstić information content (AvgIpc) is 2.89. The number of aromatic hydroxyl groups is 1.